The molecule has 0 aromatic carbocycles. The number of nitrogens with two attached hydrogens (primary N) is 1. The molecule has 1 aromatic rings. The summed E-state index contributed by atoms with van der Waals surface area (Å²) >= 11 is 0. The Morgan fingerprint density at radius 2 is 2.46 bits per heavy atom. The second kappa shape index (κ2) is 4.51. The predicted octanol–water partition coefficient (Wildman–Crippen LogP) is -0.481. The van der Waals surface area contributed by atoms with Crippen LogP contribution in [0.2, 0.25) is 0 Å². The highest BCUT2D eigenvalue weighted by Crippen LogP contribution is 1.96. The Hall–Kier alpha value is -1.49. The van der Waals surface area contributed by atoms with E-state index in [4.69, 9.17) is 5.73 Å². The van der Waals surface area contributed by atoms with E-state index in [1.807, 2.05) is 0 Å². The van der Waals surface area contributed by atoms with Gasteiger partial charge in [0.15, 0.2) is 0 Å². The van der Waals surface area contributed by atoms with Crippen molar-refractivity contribution in [3.8, 4) is 0 Å². The van der Waals surface area contributed by atoms with E-state index in [-0.39, 0.29) is 0 Å². The Bertz CT molecular complexity index is 276. The molecular weight excluding hydrogens is 170 g/mol. The van der Waals surface area contributed by atoms with Gasteiger partial charge in [0.25, 0.3) is 0 Å². The molecule has 5 nitrogen and oxygen atoms in total. The van der Waals surface area contributed by atoms with Gasteiger partial charge in [0, 0.05) is 25.0 Å². The lowest BCUT2D eigenvalue weighted by Gasteiger charge is -2.07. The first-order valence-corrected chi connectivity index (χ1v) is 3.82. The van der Waals surface area contributed by atoms with Gasteiger partial charge in [-0.05, 0) is 0 Å². The molecule has 0 aliphatic heterocycles. The number of methoxy groups -OCH3 is 1. The maximum absolute atomic E-state index is 10.9. The van der Waals surface area contributed by atoms with Crippen molar-refractivity contribution < 1.29 is 9.53 Å². The van der Waals surface area contributed by atoms with Crippen LogP contribution in [0.15, 0.2) is 18.6 Å². The van der Waals surface area contributed by atoms with E-state index in [1.54, 1.807) is 18.6 Å². The highest BCUT2D eigenvalue weighted by molar-refractivity contribution is 5.75. The third-order valence-electron chi connectivity index (χ3n) is 1.55. The monoisotopic (exact) mass is 181 g/mol. The summed E-state index contributed by atoms with van der Waals surface area (Å²) < 4.78 is 4.47. The third-order valence-corrected chi connectivity index (χ3v) is 1.55. The zero-order valence-electron chi connectivity index (χ0n) is 7.30. The molecule has 0 unspecified atom stereocenters. The summed E-state index contributed by atoms with van der Waals surface area (Å²) in [5.41, 5.74) is 6.20. The van der Waals surface area contributed by atoms with Crippen LogP contribution in [0.5, 0.6) is 0 Å². The van der Waals surface area contributed by atoms with Crippen LogP contribution in [-0.2, 0) is 16.0 Å². The number of esters is 1. The molecule has 1 aromatic heterocycles. The van der Waals surface area contributed by atoms with Gasteiger partial charge in [-0.3, -0.25) is 14.8 Å². The number of aromatic nitrogens is 2. The van der Waals surface area contributed by atoms with E-state index < -0.39 is 12.0 Å². The lowest BCUT2D eigenvalue weighted by Crippen LogP contribution is -2.33. The summed E-state index contributed by atoms with van der Waals surface area (Å²) in [4.78, 5) is 18.8. The second-order valence-electron chi connectivity index (χ2n) is 2.53. The quantitative estimate of drug-likeness (QED) is 0.637. The standard InChI is InChI=1S/C8H11N3O2/c1-13-8(12)7(9)4-6-5-10-2-3-11-6/h2-3,5,7H,4,9H2,1H3/t7-/m0/s1. The van der Waals surface area contributed by atoms with Gasteiger partial charge in [-0.2, -0.15) is 0 Å². The molecular formula is C8H11N3O2. The minimum absolute atomic E-state index is 0.348. The highest BCUT2D eigenvalue weighted by Gasteiger charge is 2.14. The van der Waals surface area contributed by atoms with Gasteiger partial charge in [-0.25, -0.2) is 0 Å². The smallest absolute Gasteiger partial charge is 0.323 e. The first-order valence-electron chi connectivity index (χ1n) is 3.82. The molecule has 0 fully saturated rings. The van der Waals surface area contributed by atoms with E-state index in [9.17, 15) is 4.79 Å². The molecule has 0 spiro atoms. The molecule has 13 heavy (non-hydrogen) atoms. The van der Waals surface area contributed by atoms with Crippen LogP contribution >= 0.6 is 0 Å². The Morgan fingerprint density at radius 3 is 3.00 bits per heavy atom. The lowest BCUT2D eigenvalue weighted by molar-refractivity contribution is -0.142. The summed E-state index contributed by atoms with van der Waals surface area (Å²) in [5.74, 6) is -0.439. The van der Waals surface area contributed by atoms with Crippen molar-refractivity contribution >= 4 is 5.97 Å². The minimum Gasteiger partial charge on any atom is -0.468 e. The average molecular weight is 181 g/mol. The van der Waals surface area contributed by atoms with Crippen LogP contribution < -0.4 is 5.73 Å². The summed E-state index contributed by atoms with van der Waals surface area (Å²) in [5, 5.41) is 0. The molecule has 0 aliphatic carbocycles. The van der Waals surface area contributed by atoms with E-state index in [2.05, 4.69) is 14.7 Å². The minimum atomic E-state index is -0.665. The molecule has 0 saturated carbocycles. The Balaban J connectivity index is 2.55. The maximum atomic E-state index is 10.9. The Kier molecular flexibility index (Phi) is 3.33. The van der Waals surface area contributed by atoms with Gasteiger partial charge >= 0.3 is 5.97 Å². The van der Waals surface area contributed by atoms with Crippen molar-refractivity contribution in [2.24, 2.45) is 5.73 Å². The van der Waals surface area contributed by atoms with E-state index in [0.29, 0.717) is 12.1 Å². The molecule has 0 saturated heterocycles. The molecule has 1 heterocycles. The van der Waals surface area contributed by atoms with Gasteiger partial charge in [0.2, 0.25) is 0 Å². The highest BCUT2D eigenvalue weighted by atomic mass is 16.5. The van der Waals surface area contributed by atoms with Crippen molar-refractivity contribution in [1.82, 2.24) is 9.97 Å². The summed E-state index contributed by atoms with van der Waals surface area (Å²) in [6.45, 7) is 0. The van der Waals surface area contributed by atoms with Crippen LogP contribution in [0, 0.1) is 0 Å². The van der Waals surface area contributed by atoms with E-state index in [1.165, 1.54) is 7.11 Å². The fourth-order valence-corrected chi connectivity index (χ4v) is 0.895. The summed E-state index contributed by atoms with van der Waals surface area (Å²) in [6.07, 6.45) is 5.04. The van der Waals surface area contributed by atoms with Gasteiger partial charge in [0.05, 0.1) is 12.8 Å². The van der Waals surface area contributed by atoms with Crippen molar-refractivity contribution in [2.75, 3.05) is 7.11 Å². The number of carbonyl (C=O) groups is 1. The Labute approximate surface area is 75.9 Å². The van der Waals surface area contributed by atoms with Gasteiger partial charge in [-0.15, -0.1) is 0 Å². The predicted molar refractivity (Wildman–Crippen MR) is 45.7 cm³/mol. The van der Waals surface area contributed by atoms with Crippen LogP contribution in [0.3, 0.4) is 0 Å². The van der Waals surface area contributed by atoms with Gasteiger partial charge in [0.1, 0.15) is 6.04 Å². The van der Waals surface area contributed by atoms with Crippen LogP contribution in [0.25, 0.3) is 0 Å². The van der Waals surface area contributed by atoms with Crippen molar-refractivity contribution in [3.05, 3.63) is 24.3 Å². The molecule has 0 radical (unpaired) electrons. The topological polar surface area (TPSA) is 78.1 Å². The lowest BCUT2D eigenvalue weighted by atomic mass is 10.2. The van der Waals surface area contributed by atoms with Crippen LogP contribution in [0.1, 0.15) is 5.69 Å². The molecule has 1 atom stereocenters. The molecule has 0 aliphatic rings. The molecule has 1 rings (SSSR count). The van der Waals surface area contributed by atoms with Crippen molar-refractivity contribution in [3.63, 3.8) is 0 Å². The molecule has 2 N–H and O–H groups in total. The molecule has 70 valence electrons. The fraction of sp³-hybridized carbons (Fsp3) is 0.375. The van der Waals surface area contributed by atoms with Crippen LogP contribution in [-0.4, -0.2) is 29.1 Å². The number of hydrogen-bond donors (Lipinski definition) is 1. The number of ether oxygens (including phenoxy) is 1. The first kappa shape index (κ1) is 9.60. The zero-order valence-corrected chi connectivity index (χ0v) is 7.30. The number of carbonyl (C=O) groups excluding carboxylic acids is 1. The van der Waals surface area contributed by atoms with Gasteiger partial charge < -0.3 is 10.5 Å². The maximum Gasteiger partial charge on any atom is 0.323 e. The normalized spacial score (nSPS) is 12.2. The third kappa shape index (κ3) is 2.79. The average Bonchev–Trinajstić information content (AvgIpc) is 2.18. The molecule has 0 amide bonds. The van der Waals surface area contributed by atoms with E-state index in [0.717, 1.165) is 0 Å². The molecule has 5 heteroatoms. The zero-order chi connectivity index (χ0) is 9.68. The van der Waals surface area contributed by atoms with Crippen molar-refractivity contribution in [2.45, 2.75) is 12.5 Å². The van der Waals surface area contributed by atoms with Gasteiger partial charge in [-0.1, -0.05) is 0 Å². The summed E-state index contributed by atoms with van der Waals surface area (Å²) in [6, 6.07) is -0.665. The molecule has 0 bridgehead atoms. The SMILES string of the molecule is COC(=O)[C@@H](N)Cc1cnccn1. The largest absolute Gasteiger partial charge is 0.468 e. The first-order chi connectivity index (χ1) is 6.24. The number of rotatable bonds is 3. The van der Waals surface area contributed by atoms with Crippen LogP contribution in [0.4, 0.5) is 0 Å². The second-order valence-corrected chi connectivity index (χ2v) is 2.53. The van der Waals surface area contributed by atoms with E-state index >= 15 is 0 Å². The summed E-state index contributed by atoms with van der Waals surface area (Å²) in [7, 11) is 1.30. The number of nitrogens with zero attached hydrogens (tertiary/aromatic N) is 2. The Morgan fingerprint density at radius 1 is 1.69 bits per heavy atom. The fourth-order valence-electron chi connectivity index (χ4n) is 0.895. The number of hydrogen-bond acceptors (Lipinski definition) is 5. The van der Waals surface area contributed by atoms with Crippen molar-refractivity contribution in [1.29, 1.82) is 0 Å².